The SMILES string of the molecule is C[C@H]1[C@H]2[C@H](CO)C[C@H](C(F)(F)F)C[C@H]2O[C@H]1C. The maximum absolute atomic E-state index is 12.8. The highest BCUT2D eigenvalue weighted by atomic mass is 19.4. The Balaban J connectivity index is 2.16. The van der Waals surface area contributed by atoms with Crippen molar-refractivity contribution in [1.29, 1.82) is 0 Å². The number of fused-ring (bicyclic) bond motifs is 1. The molecule has 0 radical (unpaired) electrons. The Bertz CT molecular complexity index is 271. The number of hydrogen-bond acceptors (Lipinski definition) is 2. The molecule has 0 unspecified atom stereocenters. The van der Waals surface area contributed by atoms with Crippen LogP contribution in [0.5, 0.6) is 0 Å². The molecule has 2 nitrogen and oxygen atoms in total. The standard InChI is InChI=1S/C12H19F3O2/c1-6-7(2)17-10-4-9(12(13,14)15)3-8(5-16)11(6)10/h6-11,16H,3-5H2,1-2H3/t6-,7+,8+,9+,10-,11+/m1/s1. The molecule has 1 saturated carbocycles. The smallest absolute Gasteiger partial charge is 0.391 e. The van der Waals surface area contributed by atoms with Crippen molar-refractivity contribution in [2.24, 2.45) is 23.7 Å². The van der Waals surface area contributed by atoms with E-state index in [1.54, 1.807) is 0 Å². The molecule has 2 fully saturated rings. The molecule has 0 spiro atoms. The Morgan fingerprint density at radius 3 is 2.41 bits per heavy atom. The van der Waals surface area contributed by atoms with Gasteiger partial charge in [-0.2, -0.15) is 13.2 Å². The molecule has 0 amide bonds. The van der Waals surface area contributed by atoms with Crippen LogP contribution >= 0.6 is 0 Å². The predicted octanol–water partition coefficient (Wildman–Crippen LogP) is 2.61. The lowest BCUT2D eigenvalue weighted by atomic mass is 9.68. The Labute approximate surface area is 99.1 Å². The highest BCUT2D eigenvalue weighted by Crippen LogP contribution is 2.50. The van der Waals surface area contributed by atoms with Gasteiger partial charge in [-0.25, -0.2) is 0 Å². The first kappa shape index (κ1) is 13.1. The molecule has 1 heterocycles. The van der Waals surface area contributed by atoms with Crippen molar-refractivity contribution in [3.63, 3.8) is 0 Å². The lowest BCUT2D eigenvalue weighted by molar-refractivity contribution is -0.201. The van der Waals surface area contributed by atoms with Crippen molar-refractivity contribution in [2.75, 3.05) is 6.61 Å². The Morgan fingerprint density at radius 1 is 1.24 bits per heavy atom. The normalized spacial score (nSPS) is 46.9. The fraction of sp³-hybridized carbons (Fsp3) is 1.00. The van der Waals surface area contributed by atoms with Gasteiger partial charge >= 0.3 is 6.18 Å². The van der Waals surface area contributed by atoms with Crippen LogP contribution in [0.15, 0.2) is 0 Å². The summed E-state index contributed by atoms with van der Waals surface area (Å²) in [5.41, 5.74) is 0. The molecule has 0 aromatic carbocycles. The van der Waals surface area contributed by atoms with Gasteiger partial charge in [0.1, 0.15) is 0 Å². The minimum atomic E-state index is -4.17. The molecule has 2 rings (SSSR count). The fourth-order valence-electron chi connectivity index (χ4n) is 3.45. The van der Waals surface area contributed by atoms with Crippen molar-refractivity contribution < 1.29 is 23.0 Å². The van der Waals surface area contributed by atoms with Crippen molar-refractivity contribution in [2.45, 2.75) is 45.1 Å². The van der Waals surface area contributed by atoms with Crippen LogP contribution in [0.1, 0.15) is 26.7 Å². The van der Waals surface area contributed by atoms with Gasteiger partial charge in [-0.15, -0.1) is 0 Å². The summed E-state index contributed by atoms with van der Waals surface area (Å²) in [6.07, 6.45) is -4.42. The molecule has 2 aliphatic rings. The van der Waals surface area contributed by atoms with Crippen molar-refractivity contribution >= 4 is 0 Å². The van der Waals surface area contributed by atoms with E-state index in [0.717, 1.165) is 0 Å². The second kappa shape index (κ2) is 4.43. The predicted molar refractivity (Wildman–Crippen MR) is 56.3 cm³/mol. The van der Waals surface area contributed by atoms with E-state index >= 15 is 0 Å². The molecule has 1 aliphatic carbocycles. The number of halogens is 3. The second-order valence-corrected chi connectivity index (χ2v) is 5.47. The zero-order valence-corrected chi connectivity index (χ0v) is 10.1. The average molecular weight is 252 g/mol. The Kier molecular flexibility index (Phi) is 3.42. The monoisotopic (exact) mass is 252 g/mol. The summed E-state index contributed by atoms with van der Waals surface area (Å²) in [5.74, 6) is -1.29. The van der Waals surface area contributed by atoms with Gasteiger partial charge in [0.2, 0.25) is 0 Å². The van der Waals surface area contributed by atoms with E-state index < -0.39 is 12.1 Å². The molecular weight excluding hydrogens is 233 g/mol. The van der Waals surface area contributed by atoms with Crippen molar-refractivity contribution in [3.8, 4) is 0 Å². The Hall–Kier alpha value is -0.290. The maximum Gasteiger partial charge on any atom is 0.391 e. The van der Waals surface area contributed by atoms with Gasteiger partial charge in [-0.3, -0.25) is 0 Å². The third kappa shape index (κ3) is 2.32. The highest BCUT2D eigenvalue weighted by Gasteiger charge is 2.53. The molecule has 1 N–H and O–H groups in total. The van der Waals surface area contributed by atoms with Crippen LogP contribution in [0.4, 0.5) is 13.2 Å². The summed E-state index contributed by atoms with van der Waals surface area (Å²) < 4.78 is 43.9. The summed E-state index contributed by atoms with van der Waals surface area (Å²) in [6.45, 7) is 3.74. The molecule has 1 saturated heterocycles. The van der Waals surface area contributed by atoms with Gasteiger partial charge in [0, 0.05) is 6.61 Å². The van der Waals surface area contributed by atoms with Gasteiger partial charge in [-0.05, 0) is 37.5 Å². The quantitative estimate of drug-likeness (QED) is 0.777. The Morgan fingerprint density at radius 2 is 1.88 bits per heavy atom. The van der Waals surface area contributed by atoms with E-state index in [1.807, 2.05) is 13.8 Å². The maximum atomic E-state index is 12.8. The fourth-order valence-corrected chi connectivity index (χ4v) is 3.45. The first-order valence-electron chi connectivity index (χ1n) is 6.17. The molecule has 17 heavy (non-hydrogen) atoms. The third-order valence-electron chi connectivity index (χ3n) is 4.51. The molecule has 1 aliphatic heterocycles. The van der Waals surface area contributed by atoms with E-state index in [4.69, 9.17) is 4.74 Å². The van der Waals surface area contributed by atoms with Crippen LogP contribution in [-0.2, 0) is 4.74 Å². The van der Waals surface area contributed by atoms with E-state index in [-0.39, 0.29) is 49.4 Å². The lowest BCUT2D eigenvalue weighted by Gasteiger charge is -2.38. The van der Waals surface area contributed by atoms with Gasteiger partial charge in [0.25, 0.3) is 0 Å². The lowest BCUT2D eigenvalue weighted by Crippen LogP contribution is -2.42. The molecule has 0 bridgehead atoms. The van der Waals surface area contributed by atoms with Crippen LogP contribution in [0, 0.1) is 23.7 Å². The number of alkyl halides is 3. The van der Waals surface area contributed by atoms with Crippen LogP contribution < -0.4 is 0 Å². The third-order valence-corrected chi connectivity index (χ3v) is 4.51. The van der Waals surface area contributed by atoms with E-state index in [9.17, 15) is 18.3 Å². The highest BCUT2D eigenvalue weighted by molar-refractivity contribution is 4.96. The van der Waals surface area contributed by atoms with E-state index in [2.05, 4.69) is 0 Å². The molecule has 100 valence electrons. The van der Waals surface area contributed by atoms with E-state index in [0.29, 0.717) is 0 Å². The van der Waals surface area contributed by atoms with Crippen LogP contribution in [-0.4, -0.2) is 30.1 Å². The average Bonchev–Trinajstić information content (AvgIpc) is 2.52. The number of aliphatic hydroxyl groups excluding tert-OH is 1. The number of ether oxygens (including phenoxy) is 1. The van der Waals surface area contributed by atoms with Crippen LogP contribution in [0.3, 0.4) is 0 Å². The summed E-state index contributed by atoms with van der Waals surface area (Å²) in [7, 11) is 0. The zero-order chi connectivity index (χ0) is 12.8. The van der Waals surface area contributed by atoms with Gasteiger partial charge in [0.05, 0.1) is 18.1 Å². The first-order chi connectivity index (χ1) is 7.84. The summed E-state index contributed by atoms with van der Waals surface area (Å²) >= 11 is 0. The molecule has 0 aromatic heterocycles. The van der Waals surface area contributed by atoms with Crippen molar-refractivity contribution in [3.05, 3.63) is 0 Å². The zero-order valence-electron chi connectivity index (χ0n) is 10.1. The summed E-state index contributed by atoms with van der Waals surface area (Å²) in [4.78, 5) is 0. The number of rotatable bonds is 1. The van der Waals surface area contributed by atoms with Gasteiger partial charge in [-0.1, -0.05) is 6.92 Å². The van der Waals surface area contributed by atoms with Gasteiger partial charge in [0.15, 0.2) is 0 Å². The van der Waals surface area contributed by atoms with E-state index in [1.165, 1.54) is 0 Å². The number of hydrogen-bond donors (Lipinski definition) is 1. The van der Waals surface area contributed by atoms with Crippen molar-refractivity contribution in [1.82, 2.24) is 0 Å². The van der Waals surface area contributed by atoms with Gasteiger partial charge < -0.3 is 9.84 Å². The topological polar surface area (TPSA) is 29.5 Å². The number of aliphatic hydroxyl groups is 1. The molecule has 0 aromatic rings. The van der Waals surface area contributed by atoms with Crippen LogP contribution in [0.25, 0.3) is 0 Å². The second-order valence-electron chi connectivity index (χ2n) is 5.47. The summed E-state index contributed by atoms with van der Waals surface area (Å²) in [5, 5.41) is 9.30. The minimum absolute atomic E-state index is 0.00830. The molecule has 6 atom stereocenters. The first-order valence-corrected chi connectivity index (χ1v) is 6.17. The minimum Gasteiger partial charge on any atom is -0.396 e. The molecule has 5 heteroatoms. The largest absolute Gasteiger partial charge is 0.396 e. The summed E-state index contributed by atoms with van der Waals surface area (Å²) in [6, 6.07) is 0. The molecular formula is C12H19F3O2. The van der Waals surface area contributed by atoms with Crippen LogP contribution in [0.2, 0.25) is 0 Å².